The lowest BCUT2D eigenvalue weighted by atomic mass is 9.80. The number of hydrogen-bond donors (Lipinski definition) is 0. The second-order valence-corrected chi connectivity index (χ2v) is 17.2. The Bertz CT molecular complexity index is 3560. The number of rotatable bonds is 4. The maximum Gasteiger partial charge on any atom is 0.143 e. The molecule has 282 valence electrons. The fourth-order valence-electron chi connectivity index (χ4n) is 11.0. The highest BCUT2D eigenvalue weighted by molar-refractivity contribution is 6.15. The van der Waals surface area contributed by atoms with Crippen LogP contribution in [0.2, 0.25) is 0 Å². The van der Waals surface area contributed by atoms with Crippen molar-refractivity contribution in [1.82, 2.24) is 4.57 Å². The fourth-order valence-corrected chi connectivity index (χ4v) is 11.0. The number of para-hydroxylation sites is 2. The molecule has 0 aliphatic heterocycles. The van der Waals surface area contributed by atoms with Gasteiger partial charge in [-0.15, -0.1) is 0 Å². The highest BCUT2D eigenvalue weighted by Crippen LogP contribution is 2.54. The molecule has 0 spiro atoms. The van der Waals surface area contributed by atoms with Gasteiger partial charge in [0.05, 0.1) is 11.0 Å². The number of benzene rings is 9. The monoisotopic (exact) mass is 765 g/mol. The molecule has 0 N–H and O–H groups in total. The Morgan fingerprint density at radius 1 is 0.450 bits per heavy atom. The Balaban J connectivity index is 1.00. The molecule has 2 aliphatic rings. The molecule has 0 radical (unpaired) electrons. The Hall–Kier alpha value is -7.42. The van der Waals surface area contributed by atoms with Gasteiger partial charge in [0.25, 0.3) is 0 Å². The first-order valence-corrected chi connectivity index (χ1v) is 21.0. The minimum absolute atomic E-state index is 0.167. The van der Waals surface area contributed by atoms with Crippen molar-refractivity contribution < 1.29 is 4.42 Å². The maximum absolute atomic E-state index is 6.45. The molecule has 0 fully saturated rings. The second kappa shape index (κ2) is 12.3. The number of nitrogens with zero attached hydrogens (tertiary/aromatic N) is 1. The van der Waals surface area contributed by atoms with Crippen LogP contribution in [0.5, 0.6) is 0 Å². The molecule has 0 amide bonds. The molecule has 9 aromatic carbocycles. The first kappa shape index (κ1) is 33.5. The first-order valence-electron chi connectivity index (χ1n) is 21.0. The van der Waals surface area contributed by atoms with Gasteiger partial charge >= 0.3 is 0 Å². The van der Waals surface area contributed by atoms with E-state index in [9.17, 15) is 0 Å². The van der Waals surface area contributed by atoms with Crippen molar-refractivity contribution in [3.8, 4) is 50.2 Å². The molecule has 0 saturated heterocycles. The molecular formula is C58H39NO. The minimum Gasteiger partial charge on any atom is -0.455 e. The quantitative estimate of drug-likeness (QED) is 0.174. The summed E-state index contributed by atoms with van der Waals surface area (Å²) in [7, 11) is 0. The highest BCUT2D eigenvalue weighted by atomic mass is 16.3. The van der Waals surface area contributed by atoms with Crippen LogP contribution in [0, 0.1) is 0 Å². The van der Waals surface area contributed by atoms with Crippen LogP contribution in [-0.2, 0) is 5.41 Å². The Morgan fingerprint density at radius 3 is 2.00 bits per heavy atom. The van der Waals surface area contributed by atoms with Crippen LogP contribution in [0.25, 0.3) is 93.9 Å². The van der Waals surface area contributed by atoms with Gasteiger partial charge in [-0.1, -0.05) is 166 Å². The summed E-state index contributed by atoms with van der Waals surface area (Å²) in [5, 5.41) is 4.90. The average Bonchev–Trinajstić information content (AvgIpc) is 4.01. The minimum atomic E-state index is -0.167. The zero-order valence-electron chi connectivity index (χ0n) is 33.4. The van der Waals surface area contributed by atoms with Crippen molar-refractivity contribution in [3.63, 3.8) is 0 Å². The van der Waals surface area contributed by atoms with Gasteiger partial charge in [0.15, 0.2) is 0 Å². The molecule has 1 atom stereocenters. The van der Waals surface area contributed by atoms with E-state index < -0.39 is 0 Å². The molecule has 1 unspecified atom stereocenters. The molecule has 2 heteroatoms. The van der Waals surface area contributed by atoms with Crippen molar-refractivity contribution in [3.05, 3.63) is 222 Å². The summed E-state index contributed by atoms with van der Waals surface area (Å²) in [6.07, 6.45) is 0. The molecule has 2 heterocycles. The lowest BCUT2D eigenvalue weighted by molar-refractivity contribution is 0.666. The normalized spacial score (nSPS) is 14.8. The van der Waals surface area contributed by atoms with Crippen LogP contribution >= 0.6 is 0 Å². The summed E-state index contributed by atoms with van der Waals surface area (Å²) in [5.74, 6) is 0.233. The Kier molecular flexibility index (Phi) is 6.88. The van der Waals surface area contributed by atoms with Crippen LogP contribution in [0.15, 0.2) is 199 Å². The van der Waals surface area contributed by atoms with Gasteiger partial charge in [0.1, 0.15) is 11.2 Å². The standard InChI is InChI=1S/C58H39NO/c1-58(2)50-21-10-8-16-42(50)46-30-32-52-55(56(46)58)49-34-38(37-25-29-45-48(33-37)41-15-6-7-18-44(41)54(45)36-13-4-3-5-14-36)26-31-51(49)59(52)39-27-23-35(24-28-39)40-19-12-20-47-43-17-9-11-22-53(43)60-57(40)47/h3-34,54H,1-2H3. The van der Waals surface area contributed by atoms with E-state index in [-0.39, 0.29) is 11.3 Å². The van der Waals surface area contributed by atoms with Crippen molar-refractivity contribution >= 4 is 43.7 Å². The van der Waals surface area contributed by atoms with E-state index in [1.54, 1.807) is 0 Å². The molecule has 0 saturated carbocycles. The van der Waals surface area contributed by atoms with Gasteiger partial charge in [-0.05, 0) is 109 Å². The summed E-state index contributed by atoms with van der Waals surface area (Å²) in [6, 6.07) is 71.7. The predicted octanol–water partition coefficient (Wildman–Crippen LogP) is 15.5. The lowest BCUT2D eigenvalue weighted by Crippen LogP contribution is -2.15. The van der Waals surface area contributed by atoms with Gasteiger partial charge in [-0.25, -0.2) is 0 Å². The van der Waals surface area contributed by atoms with Crippen LogP contribution in [0.4, 0.5) is 0 Å². The molecule has 2 nitrogen and oxygen atoms in total. The van der Waals surface area contributed by atoms with E-state index in [1.165, 1.54) is 83.0 Å². The molecular weight excluding hydrogens is 727 g/mol. The Morgan fingerprint density at radius 2 is 1.12 bits per heavy atom. The van der Waals surface area contributed by atoms with E-state index in [1.807, 2.05) is 6.07 Å². The average molecular weight is 766 g/mol. The highest BCUT2D eigenvalue weighted by Gasteiger charge is 2.38. The Labute approximate surface area is 348 Å². The third-order valence-electron chi connectivity index (χ3n) is 13.7. The van der Waals surface area contributed by atoms with Crippen molar-refractivity contribution in [2.45, 2.75) is 25.2 Å². The first-order chi connectivity index (χ1) is 29.5. The summed E-state index contributed by atoms with van der Waals surface area (Å²) in [6.45, 7) is 4.80. The fraction of sp³-hybridized carbons (Fsp3) is 0.0690. The topological polar surface area (TPSA) is 18.1 Å². The van der Waals surface area contributed by atoms with Crippen molar-refractivity contribution in [1.29, 1.82) is 0 Å². The third-order valence-corrected chi connectivity index (χ3v) is 13.7. The molecule has 2 aromatic heterocycles. The van der Waals surface area contributed by atoms with Gasteiger partial charge in [-0.2, -0.15) is 0 Å². The maximum atomic E-state index is 6.45. The zero-order valence-corrected chi connectivity index (χ0v) is 33.4. The summed E-state index contributed by atoms with van der Waals surface area (Å²) >= 11 is 0. The summed E-state index contributed by atoms with van der Waals surface area (Å²) in [5.41, 5.74) is 22.2. The molecule has 13 rings (SSSR count). The van der Waals surface area contributed by atoms with E-state index in [2.05, 4.69) is 206 Å². The smallest absolute Gasteiger partial charge is 0.143 e. The number of hydrogen-bond acceptors (Lipinski definition) is 1. The number of fused-ring (bicyclic) bond motifs is 13. The van der Waals surface area contributed by atoms with Crippen LogP contribution in [-0.4, -0.2) is 4.57 Å². The van der Waals surface area contributed by atoms with Crippen LogP contribution in [0.1, 0.15) is 47.6 Å². The SMILES string of the molecule is CC1(C)c2ccccc2-c2ccc3c(c21)c1cc(-c2ccc4c(c2)-c2ccccc2C4c2ccccc2)ccc1n3-c1ccc(-c2cccc3c2oc2ccccc23)cc1. The third kappa shape index (κ3) is 4.59. The number of aromatic nitrogens is 1. The van der Waals surface area contributed by atoms with Crippen molar-refractivity contribution in [2.75, 3.05) is 0 Å². The van der Waals surface area contributed by atoms with Gasteiger partial charge in [-0.3, -0.25) is 0 Å². The molecule has 60 heavy (non-hydrogen) atoms. The summed E-state index contributed by atoms with van der Waals surface area (Å²) in [4.78, 5) is 0. The molecule has 11 aromatic rings. The van der Waals surface area contributed by atoms with E-state index >= 15 is 0 Å². The largest absolute Gasteiger partial charge is 0.455 e. The van der Waals surface area contributed by atoms with E-state index in [0.29, 0.717) is 0 Å². The van der Waals surface area contributed by atoms with Gasteiger partial charge in [0.2, 0.25) is 0 Å². The van der Waals surface area contributed by atoms with Gasteiger partial charge in [0, 0.05) is 44.1 Å². The molecule has 0 bridgehead atoms. The number of furan rings is 1. The second-order valence-electron chi connectivity index (χ2n) is 17.2. The van der Waals surface area contributed by atoms with Crippen LogP contribution in [0.3, 0.4) is 0 Å². The van der Waals surface area contributed by atoms with E-state index in [0.717, 1.165) is 38.8 Å². The summed E-state index contributed by atoms with van der Waals surface area (Å²) < 4.78 is 8.93. The van der Waals surface area contributed by atoms with Gasteiger partial charge < -0.3 is 8.98 Å². The lowest BCUT2D eigenvalue weighted by Gasteiger charge is -2.22. The molecule has 2 aliphatic carbocycles. The van der Waals surface area contributed by atoms with Crippen molar-refractivity contribution in [2.24, 2.45) is 0 Å². The van der Waals surface area contributed by atoms with Crippen LogP contribution < -0.4 is 0 Å². The zero-order chi connectivity index (χ0) is 39.7. The van der Waals surface area contributed by atoms with E-state index in [4.69, 9.17) is 4.42 Å². The predicted molar refractivity (Wildman–Crippen MR) is 249 cm³/mol.